The molecule has 2 N–H and O–H groups in total. The van der Waals surface area contributed by atoms with E-state index in [4.69, 9.17) is 0 Å². The summed E-state index contributed by atoms with van der Waals surface area (Å²) in [6, 6.07) is 6.98. The van der Waals surface area contributed by atoms with Gasteiger partial charge in [-0.25, -0.2) is 0 Å². The largest absolute Gasteiger partial charge is 0.357 e. The van der Waals surface area contributed by atoms with Crippen LogP contribution in [0.5, 0.6) is 0 Å². The van der Waals surface area contributed by atoms with Gasteiger partial charge in [-0.15, -0.1) is 0 Å². The Morgan fingerprint density at radius 3 is 2.09 bits per heavy atom. The van der Waals surface area contributed by atoms with E-state index in [1.165, 1.54) is 4.90 Å². The second-order valence-electron chi connectivity index (χ2n) is 5.31. The number of imide groups is 1. The molecule has 124 valence electrons. The molecule has 0 bridgehead atoms. The monoisotopic (exact) mass is 316 g/mol. The molecular formula is C17H24N4O2. The van der Waals surface area contributed by atoms with Crippen molar-refractivity contribution in [2.45, 2.75) is 26.7 Å². The van der Waals surface area contributed by atoms with Crippen molar-refractivity contribution < 1.29 is 9.59 Å². The number of carbonyl (C=O) groups is 2. The normalized spacial score (nSPS) is 13.0. The Balaban J connectivity index is 1.80. The molecule has 0 unspecified atom stereocenters. The average Bonchev–Trinajstić information content (AvgIpc) is 2.80. The highest BCUT2D eigenvalue weighted by atomic mass is 16.2. The van der Waals surface area contributed by atoms with Crippen molar-refractivity contribution in [1.29, 1.82) is 0 Å². The average molecular weight is 316 g/mol. The number of fused-ring (bicyclic) bond motifs is 1. The third-order valence-electron chi connectivity index (χ3n) is 3.63. The zero-order valence-electron chi connectivity index (χ0n) is 13.8. The number of hydrogen-bond donors (Lipinski definition) is 2. The first-order valence-electron chi connectivity index (χ1n) is 8.16. The minimum absolute atomic E-state index is 0.185. The molecule has 0 atom stereocenters. The minimum Gasteiger partial charge on any atom is -0.357 e. The van der Waals surface area contributed by atoms with E-state index in [-0.39, 0.29) is 11.8 Å². The molecule has 1 aromatic rings. The first kappa shape index (κ1) is 17.0. The van der Waals surface area contributed by atoms with Crippen LogP contribution in [-0.2, 0) is 0 Å². The van der Waals surface area contributed by atoms with Crippen molar-refractivity contribution >= 4 is 17.8 Å². The molecule has 0 saturated heterocycles. The van der Waals surface area contributed by atoms with Gasteiger partial charge in [0.2, 0.25) is 0 Å². The van der Waals surface area contributed by atoms with Crippen molar-refractivity contribution in [2.24, 2.45) is 4.99 Å². The van der Waals surface area contributed by atoms with E-state index in [1.54, 1.807) is 24.3 Å². The van der Waals surface area contributed by atoms with Crippen LogP contribution in [0.1, 0.15) is 47.4 Å². The number of aliphatic imine (C=N–C) groups is 1. The van der Waals surface area contributed by atoms with Crippen LogP contribution in [0, 0.1) is 0 Å². The molecule has 1 aliphatic heterocycles. The Morgan fingerprint density at radius 1 is 1.00 bits per heavy atom. The van der Waals surface area contributed by atoms with Crippen molar-refractivity contribution in [3.63, 3.8) is 0 Å². The fraction of sp³-hybridized carbons (Fsp3) is 0.471. The molecule has 0 radical (unpaired) electrons. The van der Waals surface area contributed by atoms with E-state index in [9.17, 15) is 9.59 Å². The summed E-state index contributed by atoms with van der Waals surface area (Å²) in [5.41, 5.74) is 1.02. The van der Waals surface area contributed by atoms with Crippen LogP contribution in [-0.4, -0.2) is 48.9 Å². The number of hydrogen-bond acceptors (Lipinski definition) is 3. The third-order valence-corrected chi connectivity index (χ3v) is 3.63. The minimum atomic E-state index is -0.185. The van der Waals surface area contributed by atoms with Gasteiger partial charge in [0, 0.05) is 26.2 Å². The van der Waals surface area contributed by atoms with Gasteiger partial charge in [-0.3, -0.25) is 19.5 Å². The van der Waals surface area contributed by atoms with E-state index in [2.05, 4.69) is 15.6 Å². The van der Waals surface area contributed by atoms with Crippen molar-refractivity contribution in [3.05, 3.63) is 35.4 Å². The molecule has 1 heterocycles. The Kier molecular flexibility index (Phi) is 6.14. The molecule has 23 heavy (non-hydrogen) atoms. The summed E-state index contributed by atoms with van der Waals surface area (Å²) in [5.74, 6) is 0.431. The molecule has 1 aromatic carbocycles. The summed E-state index contributed by atoms with van der Waals surface area (Å²) in [5, 5.41) is 6.32. The van der Waals surface area contributed by atoms with Gasteiger partial charge >= 0.3 is 0 Å². The molecule has 0 saturated carbocycles. The third kappa shape index (κ3) is 4.09. The summed E-state index contributed by atoms with van der Waals surface area (Å²) in [4.78, 5) is 30.2. The van der Waals surface area contributed by atoms with Gasteiger partial charge in [0.1, 0.15) is 0 Å². The molecule has 1 aliphatic rings. The lowest BCUT2D eigenvalue weighted by molar-refractivity contribution is 0.0652. The second-order valence-corrected chi connectivity index (χ2v) is 5.31. The number of rotatable bonds is 7. The van der Waals surface area contributed by atoms with E-state index in [0.29, 0.717) is 24.2 Å². The zero-order valence-corrected chi connectivity index (χ0v) is 13.8. The molecule has 2 rings (SSSR count). The lowest BCUT2D eigenvalue weighted by atomic mass is 10.1. The smallest absolute Gasteiger partial charge is 0.261 e. The quantitative estimate of drug-likeness (QED) is 0.347. The second kappa shape index (κ2) is 8.31. The number of benzene rings is 1. The van der Waals surface area contributed by atoms with Crippen LogP contribution in [0.2, 0.25) is 0 Å². The maximum atomic E-state index is 12.2. The van der Waals surface area contributed by atoms with E-state index in [0.717, 1.165) is 31.9 Å². The van der Waals surface area contributed by atoms with Gasteiger partial charge < -0.3 is 10.6 Å². The first-order valence-corrected chi connectivity index (χ1v) is 8.16. The molecule has 0 aromatic heterocycles. The molecule has 0 fully saturated rings. The van der Waals surface area contributed by atoms with Gasteiger partial charge in [0.25, 0.3) is 11.8 Å². The zero-order chi connectivity index (χ0) is 16.7. The number of amides is 2. The lowest BCUT2D eigenvalue weighted by Crippen LogP contribution is -2.37. The predicted molar refractivity (Wildman–Crippen MR) is 90.7 cm³/mol. The van der Waals surface area contributed by atoms with Crippen LogP contribution in [0.15, 0.2) is 29.3 Å². The highest BCUT2D eigenvalue weighted by Crippen LogP contribution is 2.22. The van der Waals surface area contributed by atoms with Crippen LogP contribution in [0.25, 0.3) is 0 Å². The maximum Gasteiger partial charge on any atom is 0.261 e. The molecule has 0 aliphatic carbocycles. The highest BCUT2D eigenvalue weighted by molar-refractivity contribution is 6.21. The first-order chi connectivity index (χ1) is 11.2. The molecule has 6 nitrogen and oxygen atoms in total. The van der Waals surface area contributed by atoms with Gasteiger partial charge in [0.05, 0.1) is 11.1 Å². The molecule has 2 amide bonds. The topological polar surface area (TPSA) is 73.8 Å². The number of carbonyl (C=O) groups excluding carboxylic acids is 2. The summed E-state index contributed by atoms with van der Waals surface area (Å²) in [6.45, 7) is 6.80. The molecule has 0 spiro atoms. The maximum absolute atomic E-state index is 12.2. The van der Waals surface area contributed by atoms with Crippen molar-refractivity contribution in [3.8, 4) is 0 Å². The summed E-state index contributed by atoms with van der Waals surface area (Å²) >= 11 is 0. The standard InChI is InChI=1S/C17H24N4O2/c1-3-18-17(19-4-2)20-11-7-8-12-21-15(22)13-9-5-6-10-14(13)16(21)23/h5-6,9-10H,3-4,7-8,11-12H2,1-2H3,(H2,18,19,20). The van der Waals surface area contributed by atoms with Crippen molar-refractivity contribution in [1.82, 2.24) is 15.5 Å². The number of nitrogens with zero attached hydrogens (tertiary/aromatic N) is 2. The van der Waals surface area contributed by atoms with Gasteiger partial charge in [-0.05, 0) is 38.8 Å². The Hall–Kier alpha value is -2.37. The van der Waals surface area contributed by atoms with Crippen LogP contribution < -0.4 is 10.6 Å². The summed E-state index contributed by atoms with van der Waals surface area (Å²) in [6.07, 6.45) is 1.58. The SMILES string of the molecule is CCNC(=NCCCCN1C(=O)c2ccccc2C1=O)NCC. The van der Waals surface area contributed by atoms with Crippen molar-refractivity contribution in [2.75, 3.05) is 26.2 Å². The Bertz CT molecular complexity index is 555. The van der Waals surface area contributed by atoms with Crippen LogP contribution in [0.3, 0.4) is 0 Å². The lowest BCUT2D eigenvalue weighted by Gasteiger charge is -2.13. The number of unbranched alkanes of at least 4 members (excludes halogenated alkanes) is 1. The van der Waals surface area contributed by atoms with Gasteiger partial charge in [-0.2, -0.15) is 0 Å². The summed E-state index contributed by atoms with van der Waals surface area (Å²) in [7, 11) is 0. The van der Waals surface area contributed by atoms with Gasteiger partial charge in [0.15, 0.2) is 5.96 Å². The highest BCUT2D eigenvalue weighted by Gasteiger charge is 2.34. The molecule has 6 heteroatoms. The van der Waals surface area contributed by atoms with Gasteiger partial charge in [-0.1, -0.05) is 12.1 Å². The van der Waals surface area contributed by atoms with E-state index in [1.807, 2.05) is 13.8 Å². The van der Waals surface area contributed by atoms with E-state index < -0.39 is 0 Å². The Labute approximate surface area is 137 Å². The van der Waals surface area contributed by atoms with Crippen LogP contribution in [0.4, 0.5) is 0 Å². The van der Waals surface area contributed by atoms with Crippen LogP contribution >= 0.6 is 0 Å². The predicted octanol–water partition coefficient (Wildman–Crippen LogP) is 1.64. The molecular weight excluding hydrogens is 292 g/mol. The number of nitrogens with one attached hydrogen (secondary N) is 2. The Morgan fingerprint density at radius 2 is 1.57 bits per heavy atom. The summed E-state index contributed by atoms with van der Waals surface area (Å²) < 4.78 is 0. The van der Waals surface area contributed by atoms with E-state index >= 15 is 0 Å². The number of guanidine groups is 1. The fourth-order valence-corrected chi connectivity index (χ4v) is 2.52. The fourth-order valence-electron chi connectivity index (χ4n) is 2.52.